The summed E-state index contributed by atoms with van der Waals surface area (Å²) < 4.78 is 29.4. The molecule has 0 bridgehead atoms. The maximum absolute atomic E-state index is 13.9. The van der Waals surface area contributed by atoms with E-state index in [0.29, 0.717) is 57.0 Å². The second-order valence-electron chi connectivity index (χ2n) is 11.4. The number of nitrogens with zero attached hydrogens (tertiary/aromatic N) is 1. The molecule has 2 aliphatic rings. The molecule has 8 N–H and O–H groups in total. The molecule has 1 saturated heterocycles. The van der Waals surface area contributed by atoms with Gasteiger partial charge in [0.2, 0.25) is 15.9 Å². The third-order valence-corrected chi connectivity index (χ3v) is 10.1. The van der Waals surface area contributed by atoms with E-state index in [-0.39, 0.29) is 23.3 Å². The molecule has 2 unspecified atom stereocenters. The Morgan fingerprint density at radius 3 is 2.29 bits per heavy atom. The molecule has 1 saturated carbocycles. The monoisotopic (exact) mass is 600 g/mol. The van der Waals surface area contributed by atoms with Crippen molar-refractivity contribution in [3.05, 3.63) is 42.5 Å². The van der Waals surface area contributed by atoms with Gasteiger partial charge in [-0.25, -0.2) is 17.9 Å². The zero-order valence-corrected chi connectivity index (χ0v) is 24.4. The summed E-state index contributed by atoms with van der Waals surface area (Å²) in [6.45, 7) is 1.45. The van der Waals surface area contributed by atoms with Gasteiger partial charge in [-0.15, -0.1) is 0 Å². The van der Waals surface area contributed by atoms with Crippen LogP contribution in [0.25, 0.3) is 10.8 Å². The first-order valence-corrected chi connectivity index (χ1v) is 15.8. The van der Waals surface area contributed by atoms with Crippen molar-refractivity contribution in [3.8, 4) is 0 Å². The maximum Gasteiger partial charge on any atom is 0.331 e. The van der Waals surface area contributed by atoms with Crippen LogP contribution in [0.4, 0.5) is 0 Å². The molecule has 12 nitrogen and oxygen atoms in total. The van der Waals surface area contributed by atoms with Gasteiger partial charge in [0.15, 0.2) is 17.3 Å². The van der Waals surface area contributed by atoms with Crippen LogP contribution in [0.3, 0.4) is 0 Å². The summed E-state index contributed by atoms with van der Waals surface area (Å²) in [5.41, 5.74) is 9.54. The molecule has 1 aliphatic carbocycles. The average molecular weight is 601 g/mol. The average Bonchev–Trinajstić information content (AvgIpc) is 2.99. The van der Waals surface area contributed by atoms with E-state index in [2.05, 4.69) is 10.0 Å². The van der Waals surface area contributed by atoms with Crippen LogP contribution in [0, 0.1) is 17.2 Å². The number of carbonyl (C=O) groups excluding carboxylic acids is 2. The highest BCUT2D eigenvalue weighted by atomic mass is 32.2. The third-order valence-electron chi connectivity index (χ3n) is 8.59. The standard InChI is InChI=1S/C29H40N6O6S/c30-28(31)35-14-12-19(13-15-35)18-33-25(36)17-24(26(37)29(32,27(38)39)22-8-2-1-3-9-22)34-42(40,41)23-11-10-20-6-4-5-7-21(20)16-23/h4-7,10-11,16,19,22,24,34H,1-3,8-9,12-15,17-18,32H2,(H3,30,31)(H,33,36)(H,38,39). The summed E-state index contributed by atoms with van der Waals surface area (Å²) in [5, 5.41) is 22.0. The van der Waals surface area contributed by atoms with Gasteiger partial charge in [-0.3, -0.25) is 15.0 Å². The van der Waals surface area contributed by atoms with E-state index in [1.54, 1.807) is 23.1 Å². The predicted octanol–water partition coefficient (Wildman–Crippen LogP) is 1.53. The Kier molecular flexibility index (Phi) is 9.85. The number of carboxylic acids is 1. The van der Waals surface area contributed by atoms with Crippen LogP contribution in [0.15, 0.2) is 47.4 Å². The van der Waals surface area contributed by atoms with Crippen LogP contribution in [0.1, 0.15) is 51.4 Å². The number of likely N-dealkylation sites (tertiary alicyclic amines) is 1. The van der Waals surface area contributed by atoms with Gasteiger partial charge in [-0.05, 0) is 60.4 Å². The van der Waals surface area contributed by atoms with Crippen molar-refractivity contribution >= 4 is 44.4 Å². The van der Waals surface area contributed by atoms with Gasteiger partial charge >= 0.3 is 5.97 Å². The number of fused-ring (bicyclic) bond motifs is 1. The molecular weight excluding hydrogens is 560 g/mol. The SMILES string of the molecule is N=C(N)N1CCC(CNC(=O)CC(NS(=O)(=O)c2ccc3ccccc3c2)C(=O)C(N)(C(=O)O)C2CCCCC2)CC1. The number of guanidine groups is 1. The highest BCUT2D eigenvalue weighted by molar-refractivity contribution is 7.89. The number of sulfonamides is 1. The minimum Gasteiger partial charge on any atom is -0.480 e. The molecule has 2 aromatic carbocycles. The lowest BCUT2D eigenvalue weighted by Crippen LogP contribution is -2.66. The lowest BCUT2D eigenvalue weighted by molar-refractivity contribution is -0.153. The number of amides is 1. The minimum absolute atomic E-state index is 0.000739. The third kappa shape index (κ3) is 7.08. The predicted molar refractivity (Wildman–Crippen MR) is 158 cm³/mol. The fourth-order valence-electron chi connectivity index (χ4n) is 6.00. The molecule has 2 atom stereocenters. The molecule has 1 amide bonds. The van der Waals surface area contributed by atoms with Crippen LogP contribution >= 0.6 is 0 Å². The second kappa shape index (κ2) is 13.2. The number of nitrogens with one attached hydrogen (secondary N) is 3. The van der Waals surface area contributed by atoms with E-state index in [4.69, 9.17) is 16.9 Å². The van der Waals surface area contributed by atoms with E-state index in [1.165, 1.54) is 12.1 Å². The number of piperidine rings is 1. The quantitative estimate of drug-likeness (QED) is 0.125. The second-order valence-corrected chi connectivity index (χ2v) is 13.1. The van der Waals surface area contributed by atoms with E-state index in [9.17, 15) is 27.9 Å². The summed E-state index contributed by atoms with van der Waals surface area (Å²) in [4.78, 5) is 41.1. The fourth-order valence-corrected chi connectivity index (χ4v) is 7.23. The Hall–Kier alpha value is -3.55. The molecule has 2 aromatic rings. The van der Waals surface area contributed by atoms with E-state index in [0.717, 1.165) is 11.8 Å². The van der Waals surface area contributed by atoms with Crippen LogP contribution in [-0.4, -0.2) is 73.3 Å². The largest absolute Gasteiger partial charge is 0.480 e. The van der Waals surface area contributed by atoms with Crippen LogP contribution in [0.5, 0.6) is 0 Å². The normalized spacial score (nSPS) is 19.1. The molecular formula is C29H40N6O6S. The molecule has 42 heavy (non-hydrogen) atoms. The molecule has 4 rings (SSSR count). The van der Waals surface area contributed by atoms with Gasteiger partial charge in [-0.1, -0.05) is 49.6 Å². The van der Waals surface area contributed by atoms with Gasteiger partial charge < -0.3 is 26.8 Å². The van der Waals surface area contributed by atoms with Crippen molar-refractivity contribution in [1.29, 1.82) is 5.41 Å². The summed E-state index contributed by atoms with van der Waals surface area (Å²) in [6, 6.07) is 9.98. The Labute approximate surface area is 245 Å². The summed E-state index contributed by atoms with van der Waals surface area (Å²) in [6.07, 6.45) is 3.95. The Bertz CT molecular complexity index is 1440. The highest BCUT2D eigenvalue weighted by Crippen LogP contribution is 2.33. The number of hydrogen-bond acceptors (Lipinski definition) is 7. The Balaban J connectivity index is 1.55. The number of hydrogen-bond donors (Lipinski definition) is 6. The van der Waals surface area contributed by atoms with E-state index in [1.807, 2.05) is 12.1 Å². The van der Waals surface area contributed by atoms with E-state index < -0.39 is 51.6 Å². The molecule has 2 fully saturated rings. The topological polar surface area (TPSA) is 209 Å². The first-order valence-electron chi connectivity index (χ1n) is 14.3. The van der Waals surface area contributed by atoms with Crippen LogP contribution in [-0.2, 0) is 24.4 Å². The van der Waals surface area contributed by atoms with Gasteiger partial charge in [0.25, 0.3) is 0 Å². The van der Waals surface area contributed by atoms with Crippen molar-refractivity contribution in [2.45, 2.75) is 67.8 Å². The molecule has 1 heterocycles. The summed E-state index contributed by atoms with van der Waals surface area (Å²) in [7, 11) is -4.34. The van der Waals surface area contributed by atoms with Crippen molar-refractivity contribution in [3.63, 3.8) is 0 Å². The number of carboxylic acid groups (broad SMARTS) is 1. The summed E-state index contributed by atoms with van der Waals surface area (Å²) in [5.74, 6) is -3.73. The molecule has 0 aromatic heterocycles. The van der Waals surface area contributed by atoms with Crippen LogP contribution in [0.2, 0.25) is 0 Å². The molecule has 0 spiro atoms. The maximum atomic E-state index is 13.9. The molecule has 228 valence electrons. The fraction of sp³-hybridized carbons (Fsp3) is 0.517. The first kappa shape index (κ1) is 31.4. The van der Waals surface area contributed by atoms with Gasteiger partial charge in [-0.2, -0.15) is 0 Å². The van der Waals surface area contributed by atoms with E-state index >= 15 is 0 Å². The Morgan fingerprint density at radius 2 is 1.67 bits per heavy atom. The zero-order chi connectivity index (χ0) is 30.5. The number of carbonyl (C=O) groups is 3. The van der Waals surface area contributed by atoms with Crippen LogP contribution < -0.4 is 21.5 Å². The first-order chi connectivity index (χ1) is 19.9. The molecule has 0 radical (unpaired) electrons. The zero-order valence-electron chi connectivity index (χ0n) is 23.6. The number of rotatable bonds is 11. The lowest BCUT2D eigenvalue weighted by atomic mass is 9.71. The number of benzene rings is 2. The minimum atomic E-state index is -4.34. The number of Topliss-reactive ketones (excluding diaryl/α,β-unsaturated/α-hetero) is 1. The lowest BCUT2D eigenvalue weighted by Gasteiger charge is -2.37. The Morgan fingerprint density at radius 1 is 1.02 bits per heavy atom. The van der Waals surface area contributed by atoms with Crippen molar-refractivity contribution in [2.75, 3.05) is 19.6 Å². The highest BCUT2D eigenvalue weighted by Gasteiger charge is 2.52. The summed E-state index contributed by atoms with van der Waals surface area (Å²) >= 11 is 0. The van der Waals surface area contributed by atoms with Crippen molar-refractivity contribution in [1.82, 2.24) is 14.9 Å². The van der Waals surface area contributed by atoms with Gasteiger partial charge in [0, 0.05) is 19.6 Å². The smallest absolute Gasteiger partial charge is 0.331 e. The molecule has 13 heteroatoms. The van der Waals surface area contributed by atoms with Crippen molar-refractivity contribution in [2.24, 2.45) is 23.3 Å². The number of ketones is 1. The molecule has 1 aliphatic heterocycles. The number of aliphatic carboxylic acids is 1. The number of nitrogens with two attached hydrogens (primary N) is 2. The van der Waals surface area contributed by atoms with Gasteiger partial charge in [0.1, 0.15) is 0 Å². The van der Waals surface area contributed by atoms with Gasteiger partial charge in [0.05, 0.1) is 17.4 Å². The van der Waals surface area contributed by atoms with Crippen molar-refractivity contribution < 1.29 is 27.9 Å².